The summed E-state index contributed by atoms with van der Waals surface area (Å²) in [5, 5.41) is 12.7. The molecule has 6 aromatic heterocycles. The summed E-state index contributed by atoms with van der Waals surface area (Å²) in [5.41, 5.74) is 28.1. The Bertz CT molecular complexity index is 6710. The molecule has 6 nitrogen and oxygen atoms in total. The second-order valence-corrected chi connectivity index (χ2v) is 26.2. The van der Waals surface area contributed by atoms with Gasteiger partial charge in [0.15, 0.2) is 11.2 Å². The Morgan fingerprint density at radius 1 is 0.354 bits per heavy atom. The van der Waals surface area contributed by atoms with Crippen LogP contribution in [0.4, 0.5) is 34.1 Å². The molecule has 0 amide bonds. The number of furan rings is 2. The molecule has 20 aromatic rings. The first kappa shape index (κ1) is 56.4. The van der Waals surface area contributed by atoms with Crippen LogP contribution in [0.2, 0.25) is 0 Å². The largest absolute Gasteiger partial charge is 0.454 e. The van der Waals surface area contributed by atoms with E-state index in [2.05, 4.69) is 349 Å². The van der Waals surface area contributed by atoms with E-state index in [4.69, 9.17) is 8.83 Å². The zero-order valence-electron chi connectivity index (χ0n) is 54.8. The summed E-state index contributed by atoms with van der Waals surface area (Å²) < 4.78 is 19.2. The lowest BCUT2D eigenvalue weighted by atomic mass is 9.89. The van der Waals surface area contributed by atoms with E-state index in [1.54, 1.807) is 0 Å². The summed E-state index contributed by atoms with van der Waals surface area (Å²) in [7, 11) is 0. The molecule has 0 atom stereocenters. The number of aromatic nitrogens is 2. The van der Waals surface area contributed by atoms with E-state index >= 15 is 0 Å². The van der Waals surface area contributed by atoms with Crippen LogP contribution in [0.25, 0.3) is 166 Å². The zero-order chi connectivity index (χ0) is 65.7. The van der Waals surface area contributed by atoms with E-state index in [1.165, 1.54) is 70.9 Å². The number of fused-ring (bicyclic) bond motifs is 16. The van der Waals surface area contributed by atoms with Gasteiger partial charge in [-0.1, -0.05) is 255 Å². The topological polar surface area (TPSA) is 41.6 Å². The van der Waals surface area contributed by atoms with Crippen molar-refractivity contribution in [2.45, 2.75) is 20.8 Å². The highest BCUT2D eigenvalue weighted by molar-refractivity contribution is 6.38. The number of hydrogen-bond acceptors (Lipinski definition) is 4. The van der Waals surface area contributed by atoms with Gasteiger partial charge in [-0.05, 0) is 115 Å². The Balaban J connectivity index is 0.882. The van der Waals surface area contributed by atoms with Gasteiger partial charge in [0.05, 0.1) is 55.8 Å². The molecule has 0 N–H and O–H groups in total. The van der Waals surface area contributed by atoms with E-state index < -0.39 is 0 Å². The van der Waals surface area contributed by atoms with Crippen LogP contribution < -0.4 is 9.80 Å². The summed E-state index contributed by atoms with van der Waals surface area (Å²) in [6.07, 6.45) is 6.03. The lowest BCUT2D eigenvalue weighted by Crippen LogP contribution is -2.13. The number of para-hydroxylation sites is 5. The molecule has 99 heavy (non-hydrogen) atoms. The van der Waals surface area contributed by atoms with E-state index in [-0.39, 0.29) is 0 Å². The number of anilines is 6. The van der Waals surface area contributed by atoms with Crippen molar-refractivity contribution >= 4 is 155 Å². The molecule has 0 bridgehead atoms. The fraction of sp³-hybridized carbons (Fsp3) is 0.0323. The Hall–Kier alpha value is -12.9. The molecule has 6 heterocycles. The van der Waals surface area contributed by atoms with Crippen LogP contribution in [0.5, 0.6) is 0 Å². The van der Waals surface area contributed by atoms with Gasteiger partial charge in [-0.25, -0.2) is 0 Å². The van der Waals surface area contributed by atoms with Crippen molar-refractivity contribution in [2.75, 3.05) is 9.80 Å². The van der Waals surface area contributed by atoms with Crippen LogP contribution in [0.1, 0.15) is 29.4 Å². The number of hydrogen-bond donors (Lipinski definition) is 0. The Morgan fingerprint density at radius 3 is 1.27 bits per heavy atom. The van der Waals surface area contributed by atoms with E-state index in [9.17, 15) is 0 Å². The van der Waals surface area contributed by atoms with Gasteiger partial charge < -0.3 is 27.4 Å². The molecule has 0 saturated carbocycles. The van der Waals surface area contributed by atoms with Gasteiger partial charge in [0.2, 0.25) is 0 Å². The molecular formula is C93H62N4O2. The van der Waals surface area contributed by atoms with Crippen LogP contribution in [0.15, 0.2) is 313 Å². The normalized spacial score (nSPS) is 12.2. The SMILES string of the molecule is C=Cc1oc2c(N(c3ccc4c(c3)c3cccc5c6c(-c7ccccc7)c7c(c(-c8ccccc8)c6n4c35)c3cccc4c5cc(N(c6ccccc6-c6ccccc6)c6c(C)ccc8c6oc6ccccc68)ccc5n7c43)c3ccccc3-c3ccccc3)c(C)ccc2c1/C=C\C. The lowest BCUT2D eigenvalue weighted by Gasteiger charge is -2.29. The third-order valence-electron chi connectivity index (χ3n) is 20.9. The predicted molar refractivity (Wildman–Crippen MR) is 418 cm³/mol. The van der Waals surface area contributed by atoms with Crippen LogP contribution in [-0.4, -0.2) is 8.80 Å². The molecule has 0 aliphatic rings. The maximum Gasteiger partial charge on any atom is 0.159 e. The van der Waals surface area contributed by atoms with E-state index in [1.807, 2.05) is 6.08 Å². The third kappa shape index (κ3) is 8.12. The molecule has 0 unspecified atom stereocenters. The molecule has 0 aliphatic carbocycles. The average Bonchev–Trinajstić information content (AvgIpc) is 1.50. The summed E-state index contributed by atoms with van der Waals surface area (Å²) in [6, 6.07) is 107. The van der Waals surface area contributed by atoms with Gasteiger partial charge in [-0.2, -0.15) is 0 Å². The smallest absolute Gasteiger partial charge is 0.159 e. The van der Waals surface area contributed by atoms with Crippen molar-refractivity contribution in [3.63, 3.8) is 0 Å². The predicted octanol–water partition coefficient (Wildman–Crippen LogP) is 26.5. The summed E-state index contributed by atoms with van der Waals surface area (Å²) in [4.78, 5) is 4.89. The average molecular weight is 1270 g/mol. The monoisotopic (exact) mass is 1270 g/mol. The molecule has 0 saturated heterocycles. The van der Waals surface area contributed by atoms with Crippen molar-refractivity contribution in [1.82, 2.24) is 8.80 Å². The first-order chi connectivity index (χ1) is 48.9. The molecule has 0 spiro atoms. The maximum absolute atomic E-state index is 7.00. The second kappa shape index (κ2) is 21.8. The minimum Gasteiger partial charge on any atom is -0.454 e. The number of aryl methyl sites for hydroxylation is 2. The Labute approximate surface area is 571 Å². The standard InChI is InChI=1S/C93H62N4O2/c1-5-27-66-70-50-46-56(3)86(92(70)98-80(66)6-2)94(76-43-22-19-36-64(76)58-28-11-7-12-29-58)62-48-52-78-74(54-62)68-39-25-41-72-84-83(61-34-17-10-18-35-61)91-85(82(60-32-15-9-16-33-60)90(84)96(78)88(68)72)73-42-26-40-69-75-55-63(49-53-79(75)97(91)89(69)73)95(77-44-23-20-37-65(77)59-30-13-8-14-31-59)87-57(4)47-51-71-67-38-21-24-45-81(67)99-93(71)87/h5-55H,2H2,1,3-4H3/b27-5-. The molecule has 6 heteroatoms. The molecule has 14 aromatic carbocycles. The fourth-order valence-corrected chi connectivity index (χ4v) is 16.8. The summed E-state index contributed by atoms with van der Waals surface area (Å²) in [6.45, 7) is 10.7. The van der Waals surface area contributed by atoms with Gasteiger partial charge in [-0.15, -0.1) is 0 Å². The van der Waals surface area contributed by atoms with Crippen molar-refractivity contribution in [3.8, 4) is 44.5 Å². The molecule has 0 aliphatic heterocycles. The van der Waals surface area contributed by atoms with Crippen molar-refractivity contribution in [1.29, 1.82) is 0 Å². The van der Waals surface area contributed by atoms with E-state index in [0.717, 1.165) is 139 Å². The minimum absolute atomic E-state index is 0.743. The lowest BCUT2D eigenvalue weighted by molar-refractivity contribution is 0.603. The third-order valence-corrected chi connectivity index (χ3v) is 20.9. The Kier molecular flexibility index (Phi) is 12.4. The van der Waals surface area contributed by atoms with Gasteiger partial charge in [0.25, 0.3) is 0 Å². The molecule has 0 fully saturated rings. The van der Waals surface area contributed by atoms with Gasteiger partial charge >= 0.3 is 0 Å². The highest BCUT2D eigenvalue weighted by Gasteiger charge is 2.33. The zero-order valence-corrected chi connectivity index (χ0v) is 54.8. The van der Waals surface area contributed by atoms with Crippen LogP contribution in [-0.2, 0) is 0 Å². The Morgan fingerprint density at radius 2 is 0.778 bits per heavy atom. The molecular weight excluding hydrogens is 1210 g/mol. The van der Waals surface area contributed by atoms with E-state index in [0.29, 0.717) is 0 Å². The number of benzene rings is 14. The molecule has 0 radical (unpaired) electrons. The number of nitrogens with zero attached hydrogens (tertiary/aromatic N) is 4. The van der Waals surface area contributed by atoms with Crippen molar-refractivity contribution in [3.05, 3.63) is 326 Å². The summed E-state index contributed by atoms with van der Waals surface area (Å²) in [5.74, 6) is 0.743. The highest BCUT2D eigenvalue weighted by atomic mass is 16.3. The van der Waals surface area contributed by atoms with Crippen molar-refractivity contribution in [2.24, 2.45) is 0 Å². The first-order valence-corrected chi connectivity index (χ1v) is 34.1. The fourth-order valence-electron chi connectivity index (χ4n) is 16.8. The first-order valence-electron chi connectivity index (χ1n) is 34.1. The van der Waals surface area contributed by atoms with Crippen LogP contribution >= 0.6 is 0 Å². The molecule has 20 rings (SSSR count). The quantitative estimate of drug-likeness (QED) is 0.122. The van der Waals surface area contributed by atoms with Gasteiger partial charge in [-0.3, -0.25) is 0 Å². The maximum atomic E-state index is 7.00. The second-order valence-electron chi connectivity index (χ2n) is 26.2. The van der Waals surface area contributed by atoms with Crippen LogP contribution in [0.3, 0.4) is 0 Å². The van der Waals surface area contributed by atoms with Gasteiger partial charge in [0, 0.05) is 98.4 Å². The van der Waals surface area contributed by atoms with Crippen molar-refractivity contribution < 1.29 is 8.83 Å². The number of allylic oxidation sites excluding steroid dienone is 1. The molecule has 466 valence electrons. The number of rotatable bonds is 12. The highest BCUT2D eigenvalue weighted by Crippen LogP contribution is 2.57. The minimum atomic E-state index is 0.743. The van der Waals surface area contributed by atoms with Gasteiger partial charge in [0.1, 0.15) is 11.3 Å². The summed E-state index contributed by atoms with van der Waals surface area (Å²) >= 11 is 0. The van der Waals surface area contributed by atoms with Crippen LogP contribution in [0, 0.1) is 13.8 Å².